The number of Topliss-reactive ketones (excluding diaryl/α,β-unsaturated/α-hetero) is 1. The Labute approximate surface area is 137 Å². The Morgan fingerprint density at radius 1 is 1.26 bits per heavy atom. The zero-order valence-electron chi connectivity index (χ0n) is 13.9. The topological polar surface area (TPSA) is 55.4 Å². The minimum Gasteiger partial charge on any atom is -0.444 e. The second-order valence-electron chi connectivity index (χ2n) is 6.56. The van der Waals surface area contributed by atoms with Gasteiger partial charge in [-0.05, 0) is 38.3 Å². The second kappa shape index (κ2) is 6.82. The van der Waals surface area contributed by atoms with Crippen molar-refractivity contribution in [1.29, 1.82) is 0 Å². The molecule has 2 rings (SSSR count). The molecule has 23 heavy (non-hydrogen) atoms. The van der Waals surface area contributed by atoms with Crippen molar-refractivity contribution in [2.24, 2.45) is 0 Å². The highest BCUT2D eigenvalue weighted by atomic mass is 16.6. The molecule has 4 heteroatoms. The molecule has 122 valence electrons. The minimum atomic E-state index is -0.597. The molecule has 1 aromatic carbocycles. The van der Waals surface area contributed by atoms with Crippen molar-refractivity contribution in [2.75, 3.05) is 0 Å². The van der Waals surface area contributed by atoms with E-state index in [1.54, 1.807) is 26.8 Å². The molecule has 1 unspecified atom stereocenters. The van der Waals surface area contributed by atoms with E-state index in [0.717, 1.165) is 11.1 Å². The summed E-state index contributed by atoms with van der Waals surface area (Å²) < 4.78 is 5.34. The SMILES string of the molecule is C=CC1=C(C(NC(=O)OC(C)(C)C)c2ccccc2)C(=O)CC1. The fourth-order valence-corrected chi connectivity index (χ4v) is 2.65. The zero-order valence-corrected chi connectivity index (χ0v) is 13.9. The third-order valence-electron chi connectivity index (χ3n) is 3.60. The van der Waals surface area contributed by atoms with Gasteiger partial charge in [0.05, 0.1) is 6.04 Å². The number of ketones is 1. The van der Waals surface area contributed by atoms with Gasteiger partial charge in [-0.2, -0.15) is 0 Å². The van der Waals surface area contributed by atoms with Gasteiger partial charge >= 0.3 is 6.09 Å². The molecule has 0 spiro atoms. The summed E-state index contributed by atoms with van der Waals surface area (Å²) in [7, 11) is 0. The van der Waals surface area contributed by atoms with Crippen LogP contribution in [-0.4, -0.2) is 17.5 Å². The van der Waals surface area contributed by atoms with Crippen LogP contribution in [0.25, 0.3) is 0 Å². The maximum absolute atomic E-state index is 12.3. The van der Waals surface area contributed by atoms with Crippen molar-refractivity contribution in [3.63, 3.8) is 0 Å². The van der Waals surface area contributed by atoms with E-state index in [1.165, 1.54) is 0 Å². The lowest BCUT2D eigenvalue weighted by atomic mass is 9.95. The summed E-state index contributed by atoms with van der Waals surface area (Å²) in [6.45, 7) is 9.20. The molecule has 1 aromatic rings. The van der Waals surface area contributed by atoms with E-state index in [1.807, 2.05) is 30.3 Å². The van der Waals surface area contributed by atoms with E-state index >= 15 is 0 Å². The highest BCUT2D eigenvalue weighted by Crippen LogP contribution is 2.34. The van der Waals surface area contributed by atoms with Crippen LogP contribution in [0.15, 0.2) is 54.1 Å². The number of allylic oxidation sites excluding steroid dienone is 2. The van der Waals surface area contributed by atoms with Gasteiger partial charge in [0, 0.05) is 12.0 Å². The largest absolute Gasteiger partial charge is 0.444 e. The van der Waals surface area contributed by atoms with Gasteiger partial charge in [-0.25, -0.2) is 4.79 Å². The van der Waals surface area contributed by atoms with E-state index in [-0.39, 0.29) is 5.78 Å². The Morgan fingerprint density at radius 2 is 1.91 bits per heavy atom. The number of nitrogens with one attached hydrogen (secondary N) is 1. The predicted octanol–water partition coefficient (Wildman–Crippen LogP) is 4.10. The van der Waals surface area contributed by atoms with Crippen LogP contribution in [0.4, 0.5) is 4.79 Å². The van der Waals surface area contributed by atoms with Crippen molar-refractivity contribution in [3.8, 4) is 0 Å². The number of alkyl carbamates (subject to hydrolysis) is 1. The van der Waals surface area contributed by atoms with Crippen LogP contribution < -0.4 is 5.32 Å². The monoisotopic (exact) mass is 313 g/mol. The molecule has 1 amide bonds. The number of amides is 1. The summed E-state index contributed by atoms with van der Waals surface area (Å²) in [4.78, 5) is 24.5. The number of carbonyl (C=O) groups is 2. The number of ether oxygens (including phenoxy) is 1. The Kier molecular flexibility index (Phi) is 5.04. The number of hydrogen-bond donors (Lipinski definition) is 1. The summed E-state index contributed by atoms with van der Waals surface area (Å²) in [5.74, 6) is 0.0461. The molecule has 0 bridgehead atoms. The lowest BCUT2D eigenvalue weighted by Gasteiger charge is -2.25. The van der Waals surface area contributed by atoms with Gasteiger partial charge in [-0.3, -0.25) is 4.79 Å². The Morgan fingerprint density at radius 3 is 2.48 bits per heavy atom. The third kappa shape index (κ3) is 4.31. The fourth-order valence-electron chi connectivity index (χ4n) is 2.65. The normalized spacial score (nSPS) is 16.2. The van der Waals surface area contributed by atoms with Crippen molar-refractivity contribution < 1.29 is 14.3 Å². The molecule has 1 aliphatic carbocycles. The molecule has 0 aromatic heterocycles. The van der Waals surface area contributed by atoms with Crippen LogP contribution in [-0.2, 0) is 9.53 Å². The van der Waals surface area contributed by atoms with Crippen LogP contribution in [0.1, 0.15) is 45.2 Å². The number of rotatable bonds is 4. The summed E-state index contributed by atoms with van der Waals surface area (Å²) in [6.07, 6.45) is 2.28. The smallest absolute Gasteiger partial charge is 0.408 e. The summed E-state index contributed by atoms with van der Waals surface area (Å²) in [6, 6.07) is 8.92. The second-order valence-corrected chi connectivity index (χ2v) is 6.56. The van der Waals surface area contributed by atoms with Crippen molar-refractivity contribution >= 4 is 11.9 Å². The highest BCUT2D eigenvalue weighted by molar-refractivity contribution is 6.01. The maximum Gasteiger partial charge on any atom is 0.408 e. The number of benzene rings is 1. The van der Waals surface area contributed by atoms with Crippen LogP contribution in [0.2, 0.25) is 0 Å². The van der Waals surface area contributed by atoms with Crippen LogP contribution in [0.5, 0.6) is 0 Å². The Hall–Kier alpha value is -2.36. The molecule has 1 atom stereocenters. The van der Waals surface area contributed by atoms with E-state index in [2.05, 4.69) is 11.9 Å². The van der Waals surface area contributed by atoms with Gasteiger partial charge in [0.25, 0.3) is 0 Å². The summed E-state index contributed by atoms with van der Waals surface area (Å²) >= 11 is 0. The third-order valence-corrected chi connectivity index (χ3v) is 3.60. The molecule has 0 saturated carbocycles. The van der Waals surface area contributed by atoms with E-state index in [0.29, 0.717) is 18.4 Å². The number of carbonyl (C=O) groups excluding carboxylic acids is 2. The molecule has 0 heterocycles. The number of hydrogen-bond acceptors (Lipinski definition) is 3. The van der Waals surface area contributed by atoms with Crippen molar-refractivity contribution in [2.45, 2.75) is 45.3 Å². The molecular formula is C19H23NO3. The minimum absolute atomic E-state index is 0.0461. The summed E-state index contributed by atoms with van der Waals surface area (Å²) in [5.41, 5.74) is 1.75. The van der Waals surface area contributed by atoms with E-state index in [4.69, 9.17) is 4.74 Å². The van der Waals surface area contributed by atoms with Crippen molar-refractivity contribution in [3.05, 3.63) is 59.7 Å². The first kappa shape index (κ1) is 17.0. The molecular weight excluding hydrogens is 290 g/mol. The van der Waals surface area contributed by atoms with Crippen LogP contribution in [0.3, 0.4) is 0 Å². The Bertz CT molecular complexity index is 638. The van der Waals surface area contributed by atoms with Gasteiger partial charge in [0.2, 0.25) is 0 Å². The van der Waals surface area contributed by atoms with Crippen LogP contribution >= 0.6 is 0 Å². The van der Waals surface area contributed by atoms with E-state index in [9.17, 15) is 9.59 Å². The molecule has 1 aliphatic rings. The Balaban J connectivity index is 2.36. The van der Waals surface area contributed by atoms with Gasteiger partial charge in [0.1, 0.15) is 5.60 Å². The first-order chi connectivity index (χ1) is 10.8. The quantitative estimate of drug-likeness (QED) is 0.910. The van der Waals surface area contributed by atoms with Crippen LogP contribution in [0, 0.1) is 0 Å². The molecule has 0 aliphatic heterocycles. The van der Waals surface area contributed by atoms with Gasteiger partial charge in [0.15, 0.2) is 5.78 Å². The van der Waals surface area contributed by atoms with Gasteiger partial charge < -0.3 is 10.1 Å². The molecule has 0 radical (unpaired) electrons. The average molecular weight is 313 g/mol. The van der Waals surface area contributed by atoms with E-state index < -0.39 is 17.7 Å². The fraction of sp³-hybridized carbons (Fsp3) is 0.368. The van der Waals surface area contributed by atoms with Gasteiger partial charge in [-0.15, -0.1) is 0 Å². The standard InChI is InChI=1S/C19H23NO3/c1-5-13-11-12-15(21)16(13)17(14-9-7-6-8-10-14)20-18(22)23-19(2,3)4/h5-10,17H,1,11-12H2,2-4H3,(H,20,22). The zero-order chi connectivity index (χ0) is 17.0. The first-order valence-electron chi connectivity index (χ1n) is 7.75. The van der Waals surface area contributed by atoms with Crippen molar-refractivity contribution in [1.82, 2.24) is 5.32 Å². The van der Waals surface area contributed by atoms with Gasteiger partial charge in [-0.1, -0.05) is 43.0 Å². The molecule has 0 fully saturated rings. The molecule has 4 nitrogen and oxygen atoms in total. The average Bonchev–Trinajstić information content (AvgIpc) is 2.85. The maximum atomic E-state index is 12.3. The molecule has 1 N–H and O–H groups in total. The lowest BCUT2D eigenvalue weighted by Crippen LogP contribution is -2.36. The lowest BCUT2D eigenvalue weighted by molar-refractivity contribution is -0.115. The summed E-state index contributed by atoms with van der Waals surface area (Å²) in [5, 5.41) is 2.84. The molecule has 0 saturated heterocycles. The predicted molar refractivity (Wildman–Crippen MR) is 90.0 cm³/mol. The first-order valence-corrected chi connectivity index (χ1v) is 7.75. The highest BCUT2D eigenvalue weighted by Gasteiger charge is 2.31.